The molecule has 1 nitrogen and oxygen atoms in total. The highest BCUT2D eigenvalue weighted by atomic mass is 31.0. The van der Waals surface area contributed by atoms with Gasteiger partial charge in [0, 0.05) is 0 Å². The third-order valence-corrected chi connectivity index (χ3v) is 2.33. The molecule has 1 rings (SSSR count). The summed E-state index contributed by atoms with van der Waals surface area (Å²) in [5.74, 6) is 2.01. The predicted molar refractivity (Wildman–Crippen MR) is 66.5 cm³/mol. The van der Waals surface area contributed by atoms with E-state index in [9.17, 15) is 0 Å². The Kier molecular flexibility index (Phi) is 6.30. The van der Waals surface area contributed by atoms with Gasteiger partial charge in [-0.05, 0) is 31.5 Å². The van der Waals surface area contributed by atoms with E-state index >= 15 is 0 Å². The lowest BCUT2D eigenvalue weighted by Crippen LogP contribution is -2.17. The molecule has 0 aliphatic carbocycles. The van der Waals surface area contributed by atoms with Gasteiger partial charge < -0.3 is 5.32 Å². The van der Waals surface area contributed by atoms with Crippen LogP contribution in [-0.2, 0) is 6.42 Å². The third-order valence-electron chi connectivity index (χ3n) is 2.06. The van der Waals surface area contributed by atoms with Crippen LogP contribution in [0.1, 0.15) is 12.0 Å². The molecule has 1 aromatic carbocycles. The van der Waals surface area contributed by atoms with Crippen molar-refractivity contribution in [1.82, 2.24) is 5.32 Å². The van der Waals surface area contributed by atoms with Gasteiger partial charge in [-0.25, -0.2) is 0 Å². The normalized spacial score (nSPS) is 10.9. The molecule has 14 heavy (non-hydrogen) atoms. The van der Waals surface area contributed by atoms with Crippen molar-refractivity contribution in [3.05, 3.63) is 47.8 Å². The number of benzene rings is 1. The minimum atomic E-state index is 1.06. The van der Waals surface area contributed by atoms with Crippen molar-refractivity contribution < 1.29 is 0 Å². The maximum atomic E-state index is 3.41. The fraction of sp³-hybridized carbons (Fsp3) is 0.333. The summed E-state index contributed by atoms with van der Waals surface area (Å²) in [6, 6.07) is 10.6. The second-order valence-corrected chi connectivity index (χ2v) is 3.59. The van der Waals surface area contributed by atoms with E-state index in [1.165, 1.54) is 5.56 Å². The second kappa shape index (κ2) is 7.73. The summed E-state index contributed by atoms with van der Waals surface area (Å²) in [7, 11) is 2.59. The second-order valence-electron chi connectivity index (χ2n) is 3.20. The van der Waals surface area contributed by atoms with Crippen molar-refractivity contribution in [1.29, 1.82) is 0 Å². The van der Waals surface area contributed by atoms with E-state index in [1.54, 1.807) is 0 Å². The average molecular weight is 207 g/mol. The lowest BCUT2D eigenvalue weighted by molar-refractivity contribution is 0.689. The van der Waals surface area contributed by atoms with Crippen LogP contribution in [0.2, 0.25) is 0 Å². The molecule has 0 aliphatic rings. The maximum absolute atomic E-state index is 3.41. The topological polar surface area (TPSA) is 12.0 Å². The summed E-state index contributed by atoms with van der Waals surface area (Å²) in [5.41, 5.74) is 1.40. The molecule has 0 amide bonds. The van der Waals surface area contributed by atoms with Gasteiger partial charge in [-0.3, -0.25) is 0 Å². The van der Waals surface area contributed by atoms with Gasteiger partial charge in [-0.2, -0.15) is 0 Å². The van der Waals surface area contributed by atoms with Crippen LogP contribution in [-0.4, -0.2) is 13.1 Å². The Morgan fingerprint density at radius 2 is 1.93 bits per heavy atom. The molecule has 0 radical (unpaired) electrons. The molecule has 1 aromatic rings. The van der Waals surface area contributed by atoms with Crippen LogP contribution >= 0.6 is 9.24 Å². The molecule has 0 aromatic heterocycles. The van der Waals surface area contributed by atoms with E-state index in [1.807, 2.05) is 5.82 Å². The third kappa shape index (κ3) is 5.16. The summed E-state index contributed by atoms with van der Waals surface area (Å²) in [5, 5.41) is 3.41. The number of rotatable bonds is 6. The Balaban J connectivity index is 2.05. The maximum Gasteiger partial charge on any atom is -0.000823 e. The molecule has 0 heterocycles. The monoisotopic (exact) mass is 207 g/mol. The highest BCUT2D eigenvalue weighted by Crippen LogP contribution is 1.98. The SMILES string of the molecule is P/C=C/CCNCCc1ccccc1. The Hall–Kier alpha value is -0.650. The summed E-state index contributed by atoms with van der Waals surface area (Å²) >= 11 is 0. The van der Waals surface area contributed by atoms with Crippen LogP contribution in [0, 0.1) is 0 Å². The van der Waals surface area contributed by atoms with Crippen molar-refractivity contribution in [2.75, 3.05) is 13.1 Å². The minimum absolute atomic E-state index is 1.06. The summed E-state index contributed by atoms with van der Waals surface area (Å²) in [6.45, 7) is 2.13. The number of nitrogens with one attached hydrogen (secondary N) is 1. The average Bonchev–Trinajstić information content (AvgIpc) is 2.25. The molecule has 0 saturated carbocycles. The van der Waals surface area contributed by atoms with Crippen molar-refractivity contribution in [3.8, 4) is 0 Å². The lowest BCUT2D eigenvalue weighted by Gasteiger charge is -2.02. The van der Waals surface area contributed by atoms with Crippen LogP contribution in [0.15, 0.2) is 42.2 Å². The summed E-state index contributed by atoms with van der Waals surface area (Å²) in [4.78, 5) is 0. The first-order valence-electron chi connectivity index (χ1n) is 5.05. The van der Waals surface area contributed by atoms with E-state index in [0.29, 0.717) is 0 Å². The molecule has 0 saturated heterocycles. The van der Waals surface area contributed by atoms with E-state index < -0.39 is 0 Å². The van der Waals surface area contributed by atoms with Gasteiger partial charge in [0.25, 0.3) is 0 Å². The molecule has 0 fully saturated rings. The van der Waals surface area contributed by atoms with Gasteiger partial charge >= 0.3 is 0 Å². The molecule has 1 unspecified atom stereocenters. The van der Waals surface area contributed by atoms with Gasteiger partial charge in [-0.15, -0.1) is 9.24 Å². The first-order chi connectivity index (χ1) is 6.93. The van der Waals surface area contributed by atoms with E-state index in [0.717, 1.165) is 25.9 Å². The van der Waals surface area contributed by atoms with E-state index in [2.05, 4.69) is 51.0 Å². The highest BCUT2D eigenvalue weighted by molar-refractivity contribution is 7.20. The largest absolute Gasteiger partial charge is 0.316 e. The zero-order valence-electron chi connectivity index (χ0n) is 8.45. The molecule has 1 N–H and O–H groups in total. The molecular formula is C12H18NP. The van der Waals surface area contributed by atoms with E-state index in [-0.39, 0.29) is 0 Å². The van der Waals surface area contributed by atoms with Crippen LogP contribution in [0.4, 0.5) is 0 Å². The molecule has 0 aliphatic heterocycles. The fourth-order valence-corrected chi connectivity index (χ4v) is 1.48. The predicted octanol–water partition coefficient (Wildman–Crippen LogP) is 2.60. The minimum Gasteiger partial charge on any atom is -0.316 e. The number of hydrogen-bond donors (Lipinski definition) is 1. The van der Waals surface area contributed by atoms with Crippen molar-refractivity contribution in [2.45, 2.75) is 12.8 Å². The fourth-order valence-electron chi connectivity index (χ4n) is 1.28. The Morgan fingerprint density at radius 1 is 1.14 bits per heavy atom. The van der Waals surface area contributed by atoms with Crippen LogP contribution in [0.5, 0.6) is 0 Å². The Morgan fingerprint density at radius 3 is 2.64 bits per heavy atom. The number of hydrogen-bond acceptors (Lipinski definition) is 1. The first kappa shape index (κ1) is 11.4. The molecule has 76 valence electrons. The van der Waals surface area contributed by atoms with Gasteiger partial charge in [0.1, 0.15) is 0 Å². The van der Waals surface area contributed by atoms with Gasteiger partial charge in [0.2, 0.25) is 0 Å². The van der Waals surface area contributed by atoms with Gasteiger partial charge in [0.15, 0.2) is 0 Å². The van der Waals surface area contributed by atoms with Crippen molar-refractivity contribution in [3.63, 3.8) is 0 Å². The molecule has 1 atom stereocenters. The first-order valence-corrected chi connectivity index (χ1v) is 5.71. The van der Waals surface area contributed by atoms with Gasteiger partial charge in [-0.1, -0.05) is 42.2 Å². The Labute approximate surface area is 88.8 Å². The molecule has 2 heteroatoms. The molecule has 0 bridgehead atoms. The van der Waals surface area contributed by atoms with E-state index in [4.69, 9.17) is 0 Å². The Bertz CT molecular complexity index is 256. The zero-order valence-corrected chi connectivity index (χ0v) is 9.60. The van der Waals surface area contributed by atoms with Crippen LogP contribution in [0.3, 0.4) is 0 Å². The highest BCUT2D eigenvalue weighted by Gasteiger charge is 1.89. The van der Waals surface area contributed by atoms with Crippen molar-refractivity contribution in [2.24, 2.45) is 0 Å². The lowest BCUT2D eigenvalue weighted by atomic mass is 10.1. The summed E-state index contributed by atoms with van der Waals surface area (Å²) < 4.78 is 0. The smallest absolute Gasteiger partial charge is 0.000823 e. The summed E-state index contributed by atoms with van der Waals surface area (Å²) in [6.07, 6.45) is 4.38. The quantitative estimate of drug-likeness (QED) is 0.558. The van der Waals surface area contributed by atoms with Crippen molar-refractivity contribution >= 4 is 9.24 Å². The van der Waals surface area contributed by atoms with Gasteiger partial charge in [0.05, 0.1) is 0 Å². The molecule has 0 spiro atoms. The standard InChI is InChI=1S/C12H18NP/c14-11-5-4-9-13-10-8-12-6-2-1-3-7-12/h1-3,5-7,11,13H,4,8-10,14H2/b11-5+. The van der Waals surface area contributed by atoms with Crippen LogP contribution in [0.25, 0.3) is 0 Å². The zero-order chi connectivity index (χ0) is 10.1. The van der Waals surface area contributed by atoms with Crippen LogP contribution < -0.4 is 5.32 Å². The molecular weight excluding hydrogens is 189 g/mol.